The van der Waals surface area contributed by atoms with Crippen LogP contribution in [0, 0.1) is 0 Å². The predicted octanol–water partition coefficient (Wildman–Crippen LogP) is 4.14. The molecule has 0 saturated heterocycles. The van der Waals surface area contributed by atoms with Crippen molar-refractivity contribution in [3.8, 4) is 0 Å². The van der Waals surface area contributed by atoms with E-state index in [2.05, 4.69) is 66.1 Å². The van der Waals surface area contributed by atoms with Crippen molar-refractivity contribution in [2.75, 3.05) is 4.90 Å². The fraction of sp³-hybridized carbons (Fsp3) is 0.0769. The molecule has 0 N–H and O–H groups in total. The van der Waals surface area contributed by atoms with Gasteiger partial charge in [-0.15, -0.1) is 12.6 Å². The number of thioether (sulfide) groups is 1. The maximum atomic E-state index is 4.63. The van der Waals surface area contributed by atoms with Crippen LogP contribution in [0.5, 0.6) is 0 Å². The van der Waals surface area contributed by atoms with Gasteiger partial charge in [-0.25, -0.2) is 0 Å². The normalized spacial score (nSPS) is 18.6. The van der Waals surface area contributed by atoms with Crippen LogP contribution >= 0.6 is 24.4 Å². The number of thiol groups is 1. The first-order valence-electron chi connectivity index (χ1n) is 5.14. The second-order valence-corrected chi connectivity index (χ2v) is 5.58. The van der Waals surface area contributed by atoms with Crippen molar-refractivity contribution < 1.29 is 0 Å². The molecule has 0 aromatic heterocycles. The largest absolute Gasteiger partial charge is 0.319 e. The second kappa shape index (κ2) is 4.07. The number of rotatable bonds is 1. The molecule has 1 atom stereocenters. The molecule has 1 aliphatic rings. The molecule has 1 aliphatic heterocycles. The number of fused-ring (bicyclic) bond motifs is 1. The van der Waals surface area contributed by atoms with Crippen molar-refractivity contribution in [1.82, 2.24) is 0 Å². The molecular formula is C13H11NS2. The summed E-state index contributed by atoms with van der Waals surface area (Å²) >= 11 is 6.42. The molecular weight excluding hydrogens is 234 g/mol. The highest BCUT2D eigenvalue weighted by atomic mass is 32.2. The van der Waals surface area contributed by atoms with Crippen LogP contribution in [0.3, 0.4) is 0 Å². The monoisotopic (exact) mass is 245 g/mol. The summed E-state index contributed by atoms with van der Waals surface area (Å²) in [7, 11) is 0. The molecule has 0 amide bonds. The van der Waals surface area contributed by atoms with Crippen molar-refractivity contribution >= 4 is 35.8 Å². The van der Waals surface area contributed by atoms with Crippen LogP contribution < -0.4 is 4.90 Å². The third kappa shape index (κ3) is 1.60. The van der Waals surface area contributed by atoms with E-state index in [1.54, 1.807) is 11.8 Å². The van der Waals surface area contributed by atoms with Crippen molar-refractivity contribution in [1.29, 1.82) is 0 Å². The smallest absolute Gasteiger partial charge is 0.128 e. The molecule has 2 aromatic carbocycles. The van der Waals surface area contributed by atoms with Gasteiger partial charge >= 0.3 is 0 Å². The Morgan fingerprint density at radius 3 is 2.44 bits per heavy atom. The summed E-state index contributed by atoms with van der Waals surface area (Å²) in [6, 6.07) is 18.8. The molecule has 3 heteroatoms. The Kier molecular flexibility index (Phi) is 2.58. The zero-order chi connectivity index (χ0) is 11.0. The van der Waals surface area contributed by atoms with E-state index in [9.17, 15) is 0 Å². The molecule has 0 radical (unpaired) electrons. The Hall–Kier alpha value is -1.06. The van der Waals surface area contributed by atoms with Crippen LogP contribution in [-0.4, -0.2) is 4.71 Å². The molecule has 0 fully saturated rings. The number of hydrogen-bond acceptors (Lipinski definition) is 3. The zero-order valence-electron chi connectivity index (χ0n) is 8.58. The third-order valence-corrected chi connectivity index (χ3v) is 4.18. The van der Waals surface area contributed by atoms with Gasteiger partial charge in [-0.3, -0.25) is 0 Å². The maximum absolute atomic E-state index is 4.63. The van der Waals surface area contributed by atoms with Crippen molar-refractivity contribution in [3.05, 3.63) is 54.6 Å². The third-order valence-electron chi connectivity index (χ3n) is 2.61. The lowest BCUT2D eigenvalue weighted by Gasteiger charge is -2.22. The number of nitrogens with zero attached hydrogens (tertiary/aromatic N) is 1. The fourth-order valence-corrected chi connectivity index (χ4v) is 3.51. The molecule has 2 aromatic rings. The van der Waals surface area contributed by atoms with Crippen LogP contribution in [0.1, 0.15) is 0 Å². The highest BCUT2D eigenvalue weighted by Gasteiger charge is 2.27. The minimum atomic E-state index is 0.166. The van der Waals surface area contributed by atoms with Gasteiger partial charge in [0.25, 0.3) is 0 Å². The summed E-state index contributed by atoms with van der Waals surface area (Å²) in [4.78, 5) is 3.55. The summed E-state index contributed by atoms with van der Waals surface area (Å²) in [6.07, 6.45) is 0. The van der Waals surface area contributed by atoms with Crippen molar-refractivity contribution in [3.63, 3.8) is 0 Å². The first kappa shape index (κ1) is 10.1. The van der Waals surface area contributed by atoms with Crippen molar-refractivity contribution in [2.45, 2.75) is 9.60 Å². The van der Waals surface area contributed by atoms with E-state index >= 15 is 0 Å². The van der Waals surface area contributed by atoms with Crippen LogP contribution in [0.25, 0.3) is 0 Å². The average Bonchev–Trinajstić information content (AvgIpc) is 2.66. The lowest BCUT2D eigenvalue weighted by atomic mass is 10.2. The number of hydrogen-bond donors (Lipinski definition) is 1. The van der Waals surface area contributed by atoms with Gasteiger partial charge in [-0.05, 0) is 24.3 Å². The van der Waals surface area contributed by atoms with Crippen LogP contribution in [0.15, 0.2) is 59.5 Å². The molecule has 0 spiro atoms. The Balaban J connectivity index is 2.09. The van der Waals surface area contributed by atoms with E-state index < -0.39 is 0 Å². The maximum Gasteiger partial charge on any atom is 0.128 e. The highest BCUT2D eigenvalue weighted by Crippen LogP contribution is 2.48. The Bertz CT molecular complexity index is 498. The van der Waals surface area contributed by atoms with E-state index in [0.717, 1.165) is 0 Å². The minimum Gasteiger partial charge on any atom is -0.319 e. The van der Waals surface area contributed by atoms with Crippen molar-refractivity contribution in [2.24, 2.45) is 0 Å². The van der Waals surface area contributed by atoms with Gasteiger partial charge in [-0.2, -0.15) is 0 Å². The Labute approximate surface area is 105 Å². The van der Waals surface area contributed by atoms with Gasteiger partial charge in [-0.1, -0.05) is 42.1 Å². The van der Waals surface area contributed by atoms with Gasteiger partial charge in [0.2, 0.25) is 0 Å². The Morgan fingerprint density at radius 1 is 0.938 bits per heavy atom. The molecule has 1 unspecified atom stereocenters. The molecule has 1 heterocycles. The lowest BCUT2D eigenvalue weighted by molar-refractivity contribution is 1.14. The quantitative estimate of drug-likeness (QED) is 0.752. The molecule has 16 heavy (non-hydrogen) atoms. The summed E-state index contributed by atoms with van der Waals surface area (Å²) in [6.45, 7) is 0. The molecule has 1 nitrogen and oxygen atoms in total. The van der Waals surface area contributed by atoms with E-state index in [0.29, 0.717) is 0 Å². The summed E-state index contributed by atoms with van der Waals surface area (Å²) in [5.74, 6) is 0. The lowest BCUT2D eigenvalue weighted by Crippen LogP contribution is -2.18. The summed E-state index contributed by atoms with van der Waals surface area (Å²) < 4.78 is 0.166. The highest BCUT2D eigenvalue weighted by molar-refractivity contribution is 8.11. The van der Waals surface area contributed by atoms with E-state index in [1.165, 1.54) is 16.3 Å². The number of anilines is 2. The van der Waals surface area contributed by atoms with Gasteiger partial charge in [0, 0.05) is 10.6 Å². The first-order chi connectivity index (χ1) is 7.86. The average molecular weight is 245 g/mol. The summed E-state index contributed by atoms with van der Waals surface area (Å²) in [5.41, 5.74) is 2.44. The zero-order valence-corrected chi connectivity index (χ0v) is 10.3. The van der Waals surface area contributed by atoms with Gasteiger partial charge in [0.15, 0.2) is 0 Å². The van der Waals surface area contributed by atoms with Crippen LogP contribution in [0.4, 0.5) is 11.4 Å². The number of para-hydroxylation sites is 2. The Morgan fingerprint density at radius 2 is 1.62 bits per heavy atom. The van der Waals surface area contributed by atoms with Gasteiger partial charge < -0.3 is 4.90 Å². The molecule has 3 rings (SSSR count). The summed E-state index contributed by atoms with van der Waals surface area (Å²) in [5, 5.41) is 0. The molecule has 80 valence electrons. The van der Waals surface area contributed by atoms with E-state index in [1.807, 2.05) is 6.07 Å². The first-order valence-corrected chi connectivity index (χ1v) is 6.54. The van der Waals surface area contributed by atoms with E-state index in [4.69, 9.17) is 0 Å². The number of benzene rings is 2. The predicted molar refractivity (Wildman–Crippen MR) is 73.7 cm³/mol. The molecule has 0 saturated carbocycles. The SMILES string of the molecule is SC1Sc2ccccc2N1c1ccccc1. The molecule has 0 aliphatic carbocycles. The standard InChI is InChI=1S/C13H11NS2/c15-13-14(10-6-2-1-3-7-10)11-8-4-5-9-12(11)16-13/h1-9,13,15H. The van der Waals surface area contributed by atoms with E-state index in [-0.39, 0.29) is 4.71 Å². The van der Waals surface area contributed by atoms with Crippen LogP contribution in [0.2, 0.25) is 0 Å². The molecule has 0 bridgehead atoms. The van der Waals surface area contributed by atoms with Gasteiger partial charge in [0.1, 0.15) is 4.71 Å². The fourth-order valence-electron chi connectivity index (χ4n) is 1.90. The van der Waals surface area contributed by atoms with Gasteiger partial charge in [0.05, 0.1) is 5.69 Å². The minimum absolute atomic E-state index is 0.166. The topological polar surface area (TPSA) is 3.24 Å². The second-order valence-electron chi connectivity index (χ2n) is 3.62. The van der Waals surface area contributed by atoms with Crippen LogP contribution in [-0.2, 0) is 0 Å².